The number of nitrogens with zero attached hydrogens (tertiary/aromatic N) is 2. The minimum atomic E-state index is -0.265. The number of aromatic nitrogens is 2. The number of hydrogen-bond acceptors (Lipinski definition) is 6. The highest BCUT2D eigenvalue weighted by Gasteiger charge is 2.14. The van der Waals surface area contributed by atoms with Gasteiger partial charge in [0.1, 0.15) is 5.75 Å². The lowest BCUT2D eigenvalue weighted by Crippen LogP contribution is -2.20. The van der Waals surface area contributed by atoms with Crippen LogP contribution in [0, 0.1) is 0 Å². The second-order valence-corrected chi connectivity index (χ2v) is 6.67. The van der Waals surface area contributed by atoms with Gasteiger partial charge in [0, 0.05) is 17.3 Å². The van der Waals surface area contributed by atoms with Crippen molar-refractivity contribution in [2.75, 3.05) is 18.7 Å². The highest BCUT2D eigenvalue weighted by atomic mass is 16.7. The van der Waals surface area contributed by atoms with Crippen LogP contribution in [0.25, 0.3) is 22.3 Å². The Morgan fingerprint density at radius 1 is 0.967 bits per heavy atom. The van der Waals surface area contributed by atoms with E-state index >= 15 is 0 Å². The summed E-state index contributed by atoms with van der Waals surface area (Å²) in [5, 5.41) is 2.78. The Hall–Kier alpha value is -4.13. The highest BCUT2D eigenvalue weighted by Crippen LogP contribution is 2.34. The van der Waals surface area contributed by atoms with E-state index in [2.05, 4.69) is 15.3 Å². The lowest BCUT2D eigenvalue weighted by molar-refractivity contribution is -0.118. The van der Waals surface area contributed by atoms with E-state index in [0.717, 1.165) is 22.3 Å². The number of carbonyl (C=O) groups is 1. The molecule has 0 saturated heterocycles. The van der Waals surface area contributed by atoms with E-state index in [1.807, 2.05) is 36.4 Å². The zero-order chi connectivity index (χ0) is 20.3. The van der Waals surface area contributed by atoms with Gasteiger partial charge >= 0.3 is 0 Å². The molecule has 1 aliphatic heterocycles. The van der Waals surface area contributed by atoms with E-state index in [4.69, 9.17) is 14.2 Å². The van der Waals surface area contributed by atoms with Crippen LogP contribution in [0.2, 0.25) is 0 Å². The molecule has 2 heterocycles. The monoisotopic (exact) mass is 399 g/mol. The summed E-state index contributed by atoms with van der Waals surface area (Å²) in [7, 11) is 0. The lowest BCUT2D eigenvalue weighted by atomic mass is 10.1. The molecule has 3 aromatic carbocycles. The van der Waals surface area contributed by atoms with Gasteiger partial charge in [0.05, 0.1) is 22.9 Å². The molecule has 1 N–H and O–H groups in total. The van der Waals surface area contributed by atoms with Crippen LogP contribution < -0.4 is 19.5 Å². The Morgan fingerprint density at radius 3 is 2.63 bits per heavy atom. The Balaban J connectivity index is 1.21. The first-order valence-corrected chi connectivity index (χ1v) is 9.39. The third kappa shape index (κ3) is 3.73. The fourth-order valence-corrected chi connectivity index (χ4v) is 3.14. The molecule has 0 spiro atoms. The molecule has 0 fully saturated rings. The number of nitrogens with one attached hydrogen (secondary N) is 1. The molecule has 0 radical (unpaired) electrons. The first-order valence-electron chi connectivity index (χ1n) is 9.39. The van der Waals surface area contributed by atoms with Crippen LogP contribution in [-0.2, 0) is 4.79 Å². The summed E-state index contributed by atoms with van der Waals surface area (Å²) >= 11 is 0. The van der Waals surface area contributed by atoms with Crippen LogP contribution in [0.3, 0.4) is 0 Å². The van der Waals surface area contributed by atoms with Crippen LogP contribution in [0.5, 0.6) is 17.2 Å². The second kappa shape index (κ2) is 7.71. The Kier molecular flexibility index (Phi) is 4.61. The first-order chi connectivity index (χ1) is 14.7. The summed E-state index contributed by atoms with van der Waals surface area (Å²) in [6.45, 7) is 0.0835. The quantitative estimate of drug-likeness (QED) is 0.545. The summed E-state index contributed by atoms with van der Waals surface area (Å²) in [6, 6.07) is 20.4. The molecule has 4 aromatic rings. The zero-order valence-electron chi connectivity index (χ0n) is 15.9. The van der Waals surface area contributed by atoms with E-state index in [1.165, 1.54) is 0 Å². The van der Waals surface area contributed by atoms with Crippen LogP contribution in [0.15, 0.2) is 72.9 Å². The smallest absolute Gasteiger partial charge is 0.262 e. The summed E-state index contributed by atoms with van der Waals surface area (Å²) in [4.78, 5) is 21.2. The van der Waals surface area contributed by atoms with Crippen LogP contribution in [-0.4, -0.2) is 29.3 Å². The Labute approximate surface area is 172 Å². The van der Waals surface area contributed by atoms with Crippen molar-refractivity contribution in [2.24, 2.45) is 0 Å². The molecule has 1 amide bonds. The van der Waals surface area contributed by atoms with Gasteiger partial charge in [-0.25, -0.2) is 4.98 Å². The van der Waals surface area contributed by atoms with Gasteiger partial charge in [-0.1, -0.05) is 12.1 Å². The van der Waals surface area contributed by atoms with Gasteiger partial charge in [0.2, 0.25) is 6.79 Å². The van der Waals surface area contributed by atoms with E-state index in [1.54, 1.807) is 36.5 Å². The molecule has 30 heavy (non-hydrogen) atoms. The minimum absolute atomic E-state index is 0.108. The predicted octanol–water partition coefficient (Wildman–Crippen LogP) is 4.04. The van der Waals surface area contributed by atoms with Crippen LogP contribution in [0.4, 0.5) is 5.69 Å². The van der Waals surface area contributed by atoms with Gasteiger partial charge in [0.15, 0.2) is 18.1 Å². The molecule has 0 atom stereocenters. The van der Waals surface area contributed by atoms with E-state index in [0.29, 0.717) is 22.9 Å². The van der Waals surface area contributed by atoms with Crippen molar-refractivity contribution in [1.29, 1.82) is 0 Å². The summed E-state index contributed by atoms with van der Waals surface area (Å²) in [6.07, 6.45) is 1.75. The number of para-hydroxylation sites is 2. The lowest BCUT2D eigenvalue weighted by Gasteiger charge is -2.09. The van der Waals surface area contributed by atoms with Crippen molar-refractivity contribution < 1.29 is 19.0 Å². The Morgan fingerprint density at radius 2 is 1.77 bits per heavy atom. The van der Waals surface area contributed by atoms with Crippen molar-refractivity contribution in [3.63, 3.8) is 0 Å². The number of amides is 1. The fourth-order valence-electron chi connectivity index (χ4n) is 3.14. The number of ether oxygens (including phenoxy) is 3. The normalized spacial score (nSPS) is 12.0. The number of carbonyl (C=O) groups excluding carboxylic acids is 1. The number of benzene rings is 3. The third-order valence-electron chi connectivity index (χ3n) is 4.62. The maximum atomic E-state index is 12.2. The summed E-state index contributed by atoms with van der Waals surface area (Å²) in [5.41, 5.74) is 4.02. The van der Waals surface area contributed by atoms with Gasteiger partial charge in [-0.3, -0.25) is 9.78 Å². The molecule has 0 unspecified atom stereocenters. The van der Waals surface area contributed by atoms with Gasteiger partial charge in [0.25, 0.3) is 5.91 Å². The fraction of sp³-hybridized carbons (Fsp3) is 0.0870. The number of anilines is 1. The van der Waals surface area contributed by atoms with Gasteiger partial charge < -0.3 is 19.5 Å². The standard InChI is InChI=1S/C23H17N3O4/c27-23(25-16-7-10-21-22(11-16)30-14-29-21)13-28-17-8-5-15(6-9-17)20-12-24-18-3-1-2-4-19(18)26-20/h1-12H,13-14H2,(H,25,27). The third-order valence-corrected chi connectivity index (χ3v) is 4.62. The van der Waals surface area contributed by atoms with E-state index < -0.39 is 0 Å². The van der Waals surface area contributed by atoms with Crippen molar-refractivity contribution in [3.8, 4) is 28.5 Å². The molecular formula is C23H17N3O4. The average Bonchev–Trinajstić information content (AvgIpc) is 3.26. The maximum Gasteiger partial charge on any atom is 0.262 e. The van der Waals surface area contributed by atoms with Crippen molar-refractivity contribution in [2.45, 2.75) is 0 Å². The molecule has 7 heteroatoms. The van der Waals surface area contributed by atoms with Crippen molar-refractivity contribution in [3.05, 3.63) is 72.9 Å². The molecule has 5 rings (SSSR count). The number of rotatable bonds is 5. The number of fused-ring (bicyclic) bond motifs is 2. The summed E-state index contributed by atoms with van der Waals surface area (Å²) < 4.78 is 16.2. The van der Waals surface area contributed by atoms with Crippen molar-refractivity contribution in [1.82, 2.24) is 9.97 Å². The largest absolute Gasteiger partial charge is 0.484 e. The van der Waals surface area contributed by atoms with E-state index in [-0.39, 0.29) is 19.3 Å². The molecule has 0 bridgehead atoms. The predicted molar refractivity (Wildman–Crippen MR) is 112 cm³/mol. The number of hydrogen-bond donors (Lipinski definition) is 1. The van der Waals surface area contributed by atoms with Crippen LogP contribution >= 0.6 is 0 Å². The van der Waals surface area contributed by atoms with Gasteiger partial charge in [-0.05, 0) is 48.5 Å². The topological polar surface area (TPSA) is 82.6 Å². The molecule has 0 aliphatic carbocycles. The first kappa shape index (κ1) is 17.9. The van der Waals surface area contributed by atoms with Gasteiger partial charge in [-0.2, -0.15) is 0 Å². The van der Waals surface area contributed by atoms with Crippen molar-refractivity contribution >= 4 is 22.6 Å². The molecule has 1 aliphatic rings. The maximum absolute atomic E-state index is 12.2. The molecule has 7 nitrogen and oxygen atoms in total. The molecule has 148 valence electrons. The van der Waals surface area contributed by atoms with E-state index in [9.17, 15) is 4.79 Å². The minimum Gasteiger partial charge on any atom is -0.484 e. The second-order valence-electron chi connectivity index (χ2n) is 6.67. The Bertz CT molecular complexity index is 1220. The molecule has 1 aromatic heterocycles. The van der Waals surface area contributed by atoms with Crippen LogP contribution in [0.1, 0.15) is 0 Å². The highest BCUT2D eigenvalue weighted by molar-refractivity contribution is 5.92. The zero-order valence-corrected chi connectivity index (χ0v) is 15.9. The average molecular weight is 399 g/mol. The molecular weight excluding hydrogens is 382 g/mol. The SMILES string of the molecule is O=C(COc1ccc(-c2cnc3ccccc3n2)cc1)Nc1ccc2c(c1)OCO2. The van der Waals surface area contributed by atoms with Gasteiger partial charge in [-0.15, -0.1) is 0 Å². The molecule has 0 saturated carbocycles. The summed E-state index contributed by atoms with van der Waals surface area (Å²) in [5.74, 6) is 1.60.